The van der Waals surface area contributed by atoms with Crippen LogP contribution in [0.15, 0.2) is 36.4 Å². The van der Waals surface area contributed by atoms with Crippen molar-refractivity contribution in [1.82, 2.24) is 4.57 Å². The number of esters is 1. The summed E-state index contributed by atoms with van der Waals surface area (Å²) in [4.78, 5) is 26.0. The first kappa shape index (κ1) is 21.0. The van der Waals surface area contributed by atoms with Gasteiger partial charge in [-0.05, 0) is 69.4 Å². The van der Waals surface area contributed by atoms with Gasteiger partial charge in [-0.1, -0.05) is 6.07 Å². The van der Waals surface area contributed by atoms with Crippen LogP contribution in [0, 0.1) is 18.6 Å². The summed E-state index contributed by atoms with van der Waals surface area (Å²) >= 11 is 0. The molecule has 1 atom stereocenters. The fourth-order valence-corrected chi connectivity index (χ4v) is 4.40. The lowest BCUT2D eigenvalue weighted by Crippen LogP contribution is -2.20. The number of carbonyl (C=O) groups is 2. The van der Waals surface area contributed by atoms with E-state index in [1.807, 2.05) is 0 Å². The number of carbonyl (C=O) groups excluding carboxylic acids is 2. The van der Waals surface area contributed by atoms with E-state index < -0.39 is 35.2 Å². The van der Waals surface area contributed by atoms with Gasteiger partial charge >= 0.3 is 5.97 Å². The number of fused-ring (bicyclic) bond motifs is 1. The Morgan fingerprint density at radius 3 is 2.55 bits per heavy atom. The highest BCUT2D eigenvalue weighted by Gasteiger charge is 2.30. The van der Waals surface area contributed by atoms with E-state index in [0.717, 1.165) is 37.8 Å². The number of aromatic hydroxyl groups is 1. The third-order valence-corrected chi connectivity index (χ3v) is 5.97. The van der Waals surface area contributed by atoms with E-state index in [-0.39, 0.29) is 17.2 Å². The molecule has 2 aromatic carbocycles. The number of ether oxygens (including phenoxy) is 1. The van der Waals surface area contributed by atoms with Crippen LogP contribution in [-0.2, 0) is 9.53 Å². The van der Waals surface area contributed by atoms with Crippen LogP contribution in [0.1, 0.15) is 60.1 Å². The number of hydrogen-bond donors (Lipinski definition) is 1. The molecule has 3 aromatic rings. The number of aromatic nitrogens is 1. The number of rotatable bonds is 4. The normalized spacial score (nSPS) is 15.4. The molecular weight excluding hydrogens is 404 g/mol. The van der Waals surface area contributed by atoms with Crippen molar-refractivity contribution in [2.75, 3.05) is 0 Å². The molecular formula is C24H23F2NO4. The summed E-state index contributed by atoms with van der Waals surface area (Å²) < 4.78 is 34.8. The van der Waals surface area contributed by atoms with Crippen LogP contribution < -0.4 is 0 Å². The predicted octanol–water partition coefficient (Wildman–Crippen LogP) is 5.21. The second-order valence-electron chi connectivity index (χ2n) is 8.04. The molecule has 0 aliphatic heterocycles. The Kier molecular flexibility index (Phi) is 5.52. The highest BCUT2D eigenvalue weighted by Crippen LogP contribution is 2.37. The fourth-order valence-electron chi connectivity index (χ4n) is 4.40. The van der Waals surface area contributed by atoms with Crippen molar-refractivity contribution in [2.24, 2.45) is 0 Å². The van der Waals surface area contributed by atoms with Gasteiger partial charge < -0.3 is 9.84 Å². The minimum Gasteiger partial charge on any atom is -0.505 e. The molecule has 31 heavy (non-hydrogen) atoms. The SMILES string of the molecule is Cc1c(C(C)C(=O)OC2CCCC2)c2cc(O)c(F)cc2n1C(=O)c1cccc(F)c1. The van der Waals surface area contributed by atoms with Crippen LogP contribution in [0.4, 0.5) is 8.78 Å². The quantitative estimate of drug-likeness (QED) is 0.581. The number of phenolic OH excluding ortho intramolecular Hbond substituents is 1. The number of halogens is 2. The summed E-state index contributed by atoms with van der Waals surface area (Å²) in [7, 11) is 0. The summed E-state index contributed by atoms with van der Waals surface area (Å²) in [6.45, 7) is 3.30. The van der Waals surface area contributed by atoms with E-state index in [1.54, 1.807) is 13.8 Å². The first-order valence-corrected chi connectivity index (χ1v) is 10.3. The zero-order valence-electron chi connectivity index (χ0n) is 17.3. The van der Waals surface area contributed by atoms with Crippen LogP contribution in [-0.4, -0.2) is 27.7 Å². The molecule has 1 N–H and O–H groups in total. The third kappa shape index (κ3) is 3.80. The Morgan fingerprint density at radius 1 is 1.16 bits per heavy atom. The Hall–Kier alpha value is -3.22. The van der Waals surface area contributed by atoms with Gasteiger partial charge in [0, 0.05) is 22.7 Å². The lowest BCUT2D eigenvalue weighted by atomic mass is 9.97. The standard InChI is InChI=1S/C24H23F2NO4/c1-13(24(30)31-17-8-3-4-9-17)22-14(2)27(20-12-19(26)21(28)11-18(20)22)23(29)15-6-5-7-16(25)10-15/h5-7,10-13,17,28H,3-4,8-9H2,1-2H3. The van der Waals surface area contributed by atoms with E-state index in [2.05, 4.69) is 0 Å². The minimum absolute atomic E-state index is 0.0845. The molecule has 1 fully saturated rings. The van der Waals surface area contributed by atoms with E-state index in [4.69, 9.17) is 4.74 Å². The first-order valence-electron chi connectivity index (χ1n) is 10.3. The zero-order valence-corrected chi connectivity index (χ0v) is 17.3. The summed E-state index contributed by atoms with van der Waals surface area (Å²) in [5.41, 5.74) is 1.15. The van der Waals surface area contributed by atoms with Gasteiger partial charge in [0.2, 0.25) is 0 Å². The van der Waals surface area contributed by atoms with Gasteiger partial charge in [0.25, 0.3) is 5.91 Å². The van der Waals surface area contributed by atoms with Crippen LogP contribution in [0.2, 0.25) is 0 Å². The van der Waals surface area contributed by atoms with Crippen molar-refractivity contribution in [3.8, 4) is 5.75 Å². The first-order chi connectivity index (χ1) is 14.8. The van der Waals surface area contributed by atoms with Gasteiger partial charge in [0.15, 0.2) is 11.6 Å². The number of hydrogen-bond acceptors (Lipinski definition) is 4. The van der Waals surface area contributed by atoms with Crippen molar-refractivity contribution in [1.29, 1.82) is 0 Å². The summed E-state index contributed by atoms with van der Waals surface area (Å²) in [5, 5.41) is 10.3. The van der Waals surface area contributed by atoms with Gasteiger partial charge in [0.05, 0.1) is 11.4 Å². The molecule has 1 saturated carbocycles. The smallest absolute Gasteiger partial charge is 0.313 e. The average molecular weight is 427 g/mol. The molecule has 5 nitrogen and oxygen atoms in total. The molecule has 0 radical (unpaired) electrons. The molecule has 0 bridgehead atoms. The highest BCUT2D eigenvalue weighted by molar-refractivity contribution is 6.05. The topological polar surface area (TPSA) is 68.5 Å². The molecule has 0 amide bonds. The Bertz CT molecular complexity index is 1180. The Morgan fingerprint density at radius 2 is 1.87 bits per heavy atom. The zero-order chi connectivity index (χ0) is 22.3. The molecule has 162 valence electrons. The van der Waals surface area contributed by atoms with Crippen LogP contribution in [0.3, 0.4) is 0 Å². The fraction of sp³-hybridized carbons (Fsp3) is 0.333. The Balaban J connectivity index is 1.84. The highest BCUT2D eigenvalue weighted by atomic mass is 19.1. The van der Waals surface area contributed by atoms with E-state index in [1.165, 1.54) is 28.8 Å². The van der Waals surface area contributed by atoms with Crippen LogP contribution >= 0.6 is 0 Å². The molecule has 1 heterocycles. The molecule has 1 aliphatic rings. The molecule has 7 heteroatoms. The second kappa shape index (κ2) is 8.13. The van der Waals surface area contributed by atoms with Gasteiger partial charge in [-0.15, -0.1) is 0 Å². The van der Waals surface area contributed by atoms with Crippen LogP contribution in [0.5, 0.6) is 5.75 Å². The van der Waals surface area contributed by atoms with E-state index >= 15 is 0 Å². The molecule has 1 aliphatic carbocycles. The van der Waals surface area contributed by atoms with Crippen molar-refractivity contribution < 1.29 is 28.2 Å². The van der Waals surface area contributed by atoms with Gasteiger partial charge in [-0.2, -0.15) is 0 Å². The summed E-state index contributed by atoms with van der Waals surface area (Å²) in [6.07, 6.45) is 3.55. The monoisotopic (exact) mass is 427 g/mol. The second-order valence-corrected chi connectivity index (χ2v) is 8.04. The third-order valence-electron chi connectivity index (χ3n) is 5.97. The largest absolute Gasteiger partial charge is 0.505 e. The molecule has 0 spiro atoms. The lowest BCUT2D eigenvalue weighted by molar-refractivity contribution is -0.150. The van der Waals surface area contributed by atoms with E-state index in [0.29, 0.717) is 16.6 Å². The van der Waals surface area contributed by atoms with Crippen molar-refractivity contribution in [2.45, 2.75) is 51.6 Å². The average Bonchev–Trinajstić information content (AvgIpc) is 3.33. The number of nitrogens with zero attached hydrogens (tertiary/aromatic N) is 1. The maximum absolute atomic E-state index is 14.2. The molecule has 1 aromatic heterocycles. The maximum Gasteiger partial charge on any atom is 0.313 e. The van der Waals surface area contributed by atoms with Crippen molar-refractivity contribution in [3.63, 3.8) is 0 Å². The maximum atomic E-state index is 14.2. The number of benzene rings is 2. The number of phenols is 1. The molecule has 1 unspecified atom stereocenters. The van der Waals surface area contributed by atoms with Gasteiger partial charge in [-0.3, -0.25) is 14.2 Å². The van der Waals surface area contributed by atoms with Crippen LogP contribution in [0.25, 0.3) is 10.9 Å². The van der Waals surface area contributed by atoms with Crippen molar-refractivity contribution >= 4 is 22.8 Å². The Labute approximate surface area is 178 Å². The lowest BCUT2D eigenvalue weighted by Gasteiger charge is -2.17. The summed E-state index contributed by atoms with van der Waals surface area (Å²) in [5.74, 6) is -3.79. The van der Waals surface area contributed by atoms with Gasteiger partial charge in [-0.25, -0.2) is 8.78 Å². The minimum atomic E-state index is -0.897. The van der Waals surface area contributed by atoms with Crippen molar-refractivity contribution in [3.05, 3.63) is 64.9 Å². The molecule has 0 saturated heterocycles. The van der Waals surface area contributed by atoms with E-state index in [9.17, 15) is 23.5 Å². The molecule has 4 rings (SSSR count). The summed E-state index contributed by atoms with van der Waals surface area (Å²) in [6, 6.07) is 7.46. The predicted molar refractivity (Wildman–Crippen MR) is 111 cm³/mol. The van der Waals surface area contributed by atoms with Gasteiger partial charge in [0.1, 0.15) is 11.9 Å².